The fourth-order valence-corrected chi connectivity index (χ4v) is 2.33. The molecule has 1 aromatic rings. The molecule has 90 valence electrons. The topological polar surface area (TPSA) is 35.8 Å². The number of hydrogen-bond acceptors (Lipinski definition) is 2. The minimum Gasteiger partial charge on any atom is -0.383 e. The molecule has 17 heavy (non-hydrogen) atoms. The summed E-state index contributed by atoms with van der Waals surface area (Å²) in [7, 11) is 0. The monoisotopic (exact) mass is 248 g/mol. The molecule has 0 atom stereocenters. The van der Waals surface area contributed by atoms with Crippen LogP contribution < -0.4 is 5.32 Å². The molecule has 0 bridgehead atoms. The number of nitriles is 1. The summed E-state index contributed by atoms with van der Waals surface area (Å²) in [4.78, 5) is 0. The maximum absolute atomic E-state index is 9.05. The number of benzene rings is 1. The van der Waals surface area contributed by atoms with Gasteiger partial charge in [-0.15, -0.1) is 0 Å². The van der Waals surface area contributed by atoms with Crippen LogP contribution in [0.25, 0.3) is 0 Å². The molecule has 1 fully saturated rings. The fraction of sp³-hybridized carbons (Fsp3) is 0.500. The third kappa shape index (κ3) is 2.56. The molecule has 1 aromatic carbocycles. The van der Waals surface area contributed by atoms with E-state index in [0.717, 1.165) is 12.2 Å². The van der Waals surface area contributed by atoms with Crippen molar-refractivity contribution in [1.82, 2.24) is 0 Å². The van der Waals surface area contributed by atoms with Crippen LogP contribution in [0, 0.1) is 22.7 Å². The van der Waals surface area contributed by atoms with E-state index in [1.165, 1.54) is 12.8 Å². The Morgan fingerprint density at radius 2 is 2.18 bits per heavy atom. The standard InChI is InChI=1S/C14H17ClN2/c1-10(2)14(5-6-14)9-17-13-4-3-12(15)7-11(13)8-16/h3-4,7,10,17H,5-6,9H2,1-2H3. The average Bonchev–Trinajstić information content (AvgIpc) is 3.08. The number of anilines is 1. The van der Waals surface area contributed by atoms with Crippen molar-refractivity contribution in [3.8, 4) is 6.07 Å². The SMILES string of the molecule is CC(C)C1(CNc2ccc(Cl)cc2C#N)CC1. The Labute approximate surface area is 108 Å². The van der Waals surface area contributed by atoms with Gasteiger partial charge in [0, 0.05) is 11.6 Å². The quantitative estimate of drug-likeness (QED) is 0.872. The Bertz CT molecular complexity index is 456. The lowest BCUT2D eigenvalue weighted by atomic mass is 9.92. The van der Waals surface area contributed by atoms with Gasteiger partial charge in [-0.2, -0.15) is 5.26 Å². The molecule has 1 aliphatic rings. The number of nitrogens with zero attached hydrogens (tertiary/aromatic N) is 1. The van der Waals surface area contributed by atoms with Crippen LogP contribution >= 0.6 is 11.6 Å². The zero-order valence-electron chi connectivity index (χ0n) is 10.3. The summed E-state index contributed by atoms with van der Waals surface area (Å²) in [5.74, 6) is 0.688. The van der Waals surface area contributed by atoms with Crippen LogP contribution in [0.2, 0.25) is 5.02 Å². The summed E-state index contributed by atoms with van der Waals surface area (Å²) in [6.45, 7) is 5.48. The third-order valence-electron chi connectivity index (χ3n) is 3.85. The third-order valence-corrected chi connectivity index (χ3v) is 4.09. The predicted octanol–water partition coefficient (Wildman–Crippen LogP) is 4.06. The lowest BCUT2D eigenvalue weighted by Crippen LogP contribution is -2.21. The molecule has 3 heteroatoms. The van der Waals surface area contributed by atoms with Crippen molar-refractivity contribution >= 4 is 17.3 Å². The highest BCUT2D eigenvalue weighted by molar-refractivity contribution is 6.30. The van der Waals surface area contributed by atoms with Gasteiger partial charge in [0.1, 0.15) is 6.07 Å². The molecular weight excluding hydrogens is 232 g/mol. The van der Waals surface area contributed by atoms with Gasteiger partial charge in [-0.1, -0.05) is 25.4 Å². The molecular formula is C14H17ClN2. The van der Waals surface area contributed by atoms with Gasteiger partial charge < -0.3 is 5.32 Å². The van der Waals surface area contributed by atoms with Gasteiger partial charge in [0.15, 0.2) is 0 Å². The molecule has 1 aliphatic carbocycles. The van der Waals surface area contributed by atoms with Crippen LogP contribution in [-0.2, 0) is 0 Å². The summed E-state index contributed by atoms with van der Waals surface area (Å²) >= 11 is 5.87. The van der Waals surface area contributed by atoms with Crippen LogP contribution in [-0.4, -0.2) is 6.54 Å². The van der Waals surface area contributed by atoms with E-state index in [0.29, 0.717) is 21.9 Å². The second kappa shape index (κ2) is 4.58. The van der Waals surface area contributed by atoms with Crippen LogP contribution in [0.3, 0.4) is 0 Å². The molecule has 0 saturated heterocycles. The van der Waals surface area contributed by atoms with Gasteiger partial charge in [0.2, 0.25) is 0 Å². The normalized spacial score (nSPS) is 16.6. The molecule has 0 spiro atoms. The summed E-state index contributed by atoms with van der Waals surface area (Å²) in [6.07, 6.45) is 2.57. The molecule has 0 aliphatic heterocycles. The summed E-state index contributed by atoms with van der Waals surface area (Å²) < 4.78 is 0. The molecule has 2 rings (SSSR count). The van der Waals surface area contributed by atoms with Gasteiger partial charge in [-0.25, -0.2) is 0 Å². The van der Waals surface area contributed by atoms with Crippen LogP contribution in [0.15, 0.2) is 18.2 Å². The van der Waals surface area contributed by atoms with E-state index in [1.807, 2.05) is 12.1 Å². The Morgan fingerprint density at radius 1 is 1.47 bits per heavy atom. The first-order valence-corrected chi connectivity index (χ1v) is 6.39. The van der Waals surface area contributed by atoms with Gasteiger partial charge in [0.25, 0.3) is 0 Å². The van der Waals surface area contributed by atoms with E-state index < -0.39 is 0 Å². The first-order valence-electron chi connectivity index (χ1n) is 6.01. The first kappa shape index (κ1) is 12.3. The Morgan fingerprint density at radius 3 is 2.71 bits per heavy atom. The highest BCUT2D eigenvalue weighted by atomic mass is 35.5. The largest absolute Gasteiger partial charge is 0.383 e. The van der Waals surface area contributed by atoms with Crippen molar-refractivity contribution in [3.63, 3.8) is 0 Å². The number of rotatable bonds is 4. The van der Waals surface area contributed by atoms with E-state index in [4.69, 9.17) is 16.9 Å². The Hall–Kier alpha value is -1.20. The molecule has 0 heterocycles. The van der Waals surface area contributed by atoms with Crippen molar-refractivity contribution in [3.05, 3.63) is 28.8 Å². The van der Waals surface area contributed by atoms with E-state index in [-0.39, 0.29) is 0 Å². The fourth-order valence-electron chi connectivity index (χ4n) is 2.15. The smallest absolute Gasteiger partial charge is 0.101 e. The minimum atomic E-state index is 0.437. The molecule has 0 unspecified atom stereocenters. The van der Waals surface area contributed by atoms with Crippen LogP contribution in [0.5, 0.6) is 0 Å². The Kier molecular flexibility index (Phi) is 3.31. The van der Waals surface area contributed by atoms with Gasteiger partial charge in [-0.05, 0) is 42.4 Å². The summed E-state index contributed by atoms with van der Waals surface area (Å²) in [5.41, 5.74) is 1.95. The summed E-state index contributed by atoms with van der Waals surface area (Å²) in [5, 5.41) is 13.1. The second-order valence-corrected chi connectivity index (χ2v) is 5.61. The molecule has 2 nitrogen and oxygen atoms in total. The minimum absolute atomic E-state index is 0.437. The highest BCUT2D eigenvalue weighted by Gasteiger charge is 2.44. The van der Waals surface area contributed by atoms with E-state index >= 15 is 0 Å². The van der Waals surface area contributed by atoms with Crippen LogP contribution in [0.1, 0.15) is 32.3 Å². The van der Waals surface area contributed by atoms with Crippen molar-refractivity contribution in [2.45, 2.75) is 26.7 Å². The zero-order valence-corrected chi connectivity index (χ0v) is 11.0. The highest BCUT2D eigenvalue weighted by Crippen LogP contribution is 2.51. The lowest BCUT2D eigenvalue weighted by molar-refractivity contribution is 0.380. The molecule has 1 saturated carbocycles. The van der Waals surface area contributed by atoms with Crippen LogP contribution in [0.4, 0.5) is 5.69 Å². The van der Waals surface area contributed by atoms with E-state index in [1.54, 1.807) is 6.07 Å². The molecule has 0 amide bonds. The summed E-state index contributed by atoms with van der Waals surface area (Å²) in [6, 6.07) is 7.59. The van der Waals surface area contributed by atoms with Crippen molar-refractivity contribution in [2.24, 2.45) is 11.3 Å². The number of nitrogens with one attached hydrogen (secondary N) is 1. The first-order chi connectivity index (χ1) is 8.07. The molecule has 1 N–H and O–H groups in total. The zero-order chi connectivity index (χ0) is 12.5. The van der Waals surface area contributed by atoms with Gasteiger partial charge in [0.05, 0.1) is 11.3 Å². The lowest BCUT2D eigenvalue weighted by Gasteiger charge is -2.21. The van der Waals surface area contributed by atoms with Crippen molar-refractivity contribution < 1.29 is 0 Å². The number of halogens is 1. The predicted molar refractivity (Wildman–Crippen MR) is 71.2 cm³/mol. The van der Waals surface area contributed by atoms with E-state index in [9.17, 15) is 0 Å². The van der Waals surface area contributed by atoms with Crippen molar-refractivity contribution in [1.29, 1.82) is 5.26 Å². The molecule has 0 radical (unpaired) electrons. The van der Waals surface area contributed by atoms with Gasteiger partial charge in [-0.3, -0.25) is 0 Å². The Balaban J connectivity index is 2.07. The maximum atomic E-state index is 9.05. The second-order valence-electron chi connectivity index (χ2n) is 5.17. The van der Waals surface area contributed by atoms with Gasteiger partial charge >= 0.3 is 0 Å². The van der Waals surface area contributed by atoms with E-state index in [2.05, 4.69) is 25.2 Å². The maximum Gasteiger partial charge on any atom is 0.101 e. The number of hydrogen-bond donors (Lipinski definition) is 1. The molecule has 0 aromatic heterocycles. The average molecular weight is 249 g/mol. The van der Waals surface area contributed by atoms with Crippen molar-refractivity contribution in [2.75, 3.05) is 11.9 Å².